The number of hydrogen-bond donors (Lipinski definition) is 0. The molecule has 0 aliphatic heterocycles. The van der Waals surface area contributed by atoms with E-state index < -0.39 is 0 Å². The Bertz CT molecular complexity index is 130. The van der Waals surface area contributed by atoms with Crippen molar-refractivity contribution in [3.05, 3.63) is 24.2 Å². The standard InChI is InChI=1S/C7H9O/c1-2-3-7-4-5-8-6-7/h4-5H,2-3H2,1H3. The highest BCUT2D eigenvalue weighted by atomic mass is 16.3. The second kappa shape index (κ2) is 2.55. The Hall–Kier alpha value is -0.720. The van der Waals surface area contributed by atoms with Gasteiger partial charge in [0.2, 0.25) is 0 Å². The van der Waals surface area contributed by atoms with Crippen molar-refractivity contribution < 1.29 is 4.42 Å². The first kappa shape index (κ1) is 5.42. The molecule has 0 spiro atoms. The average molecular weight is 109 g/mol. The van der Waals surface area contributed by atoms with Crippen LogP contribution in [0.1, 0.15) is 18.9 Å². The summed E-state index contributed by atoms with van der Waals surface area (Å²) < 4.78 is 4.74. The second-order valence-electron chi connectivity index (χ2n) is 1.80. The van der Waals surface area contributed by atoms with Crippen molar-refractivity contribution in [1.29, 1.82) is 0 Å². The summed E-state index contributed by atoms with van der Waals surface area (Å²) in [6.45, 7) is 2.14. The van der Waals surface area contributed by atoms with Crippen molar-refractivity contribution in [2.75, 3.05) is 0 Å². The molecule has 0 fully saturated rings. The minimum absolute atomic E-state index is 1.08. The van der Waals surface area contributed by atoms with Crippen LogP contribution in [0.25, 0.3) is 0 Å². The predicted molar refractivity (Wildman–Crippen MR) is 31.5 cm³/mol. The van der Waals surface area contributed by atoms with Gasteiger partial charge in [0.1, 0.15) is 0 Å². The van der Waals surface area contributed by atoms with E-state index in [0.717, 1.165) is 12.8 Å². The van der Waals surface area contributed by atoms with Gasteiger partial charge in [-0.2, -0.15) is 0 Å². The quantitative estimate of drug-likeness (QED) is 0.566. The summed E-state index contributed by atoms with van der Waals surface area (Å²) in [6.07, 6.45) is 6.66. The first-order valence-electron chi connectivity index (χ1n) is 2.87. The summed E-state index contributed by atoms with van der Waals surface area (Å²) in [5.74, 6) is 0. The lowest BCUT2D eigenvalue weighted by molar-refractivity contribution is 0.554. The van der Waals surface area contributed by atoms with E-state index in [4.69, 9.17) is 4.42 Å². The fourth-order valence-corrected chi connectivity index (χ4v) is 0.664. The Morgan fingerprint density at radius 3 is 3.12 bits per heavy atom. The third-order valence-corrected chi connectivity index (χ3v) is 1.05. The molecule has 0 N–H and O–H groups in total. The molecule has 1 heteroatoms. The molecule has 0 unspecified atom stereocenters. The van der Waals surface area contributed by atoms with E-state index in [-0.39, 0.29) is 0 Å². The van der Waals surface area contributed by atoms with Crippen LogP contribution in [0.15, 0.2) is 16.7 Å². The van der Waals surface area contributed by atoms with Crippen molar-refractivity contribution in [3.63, 3.8) is 0 Å². The van der Waals surface area contributed by atoms with Gasteiger partial charge in [0.25, 0.3) is 0 Å². The van der Waals surface area contributed by atoms with Gasteiger partial charge < -0.3 is 4.42 Å². The summed E-state index contributed by atoms with van der Waals surface area (Å²) >= 11 is 0. The number of aryl methyl sites for hydroxylation is 1. The zero-order valence-corrected chi connectivity index (χ0v) is 4.98. The molecule has 0 bridgehead atoms. The molecule has 0 saturated heterocycles. The third-order valence-electron chi connectivity index (χ3n) is 1.05. The average Bonchev–Trinajstić information content (AvgIpc) is 2.19. The topological polar surface area (TPSA) is 13.1 Å². The van der Waals surface area contributed by atoms with E-state index in [0.29, 0.717) is 0 Å². The predicted octanol–water partition coefficient (Wildman–Crippen LogP) is 2.03. The smallest absolute Gasteiger partial charge is 0.172 e. The maximum Gasteiger partial charge on any atom is 0.172 e. The van der Waals surface area contributed by atoms with Crippen molar-refractivity contribution in [1.82, 2.24) is 0 Å². The zero-order chi connectivity index (χ0) is 5.82. The van der Waals surface area contributed by atoms with Gasteiger partial charge in [-0.25, -0.2) is 0 Å². The maximum atomic E-state index is 4.74. The van der Waals surface area contributed by atoms with Gasteiger partial charge in [-0.3, -0.25) is 0 Å². The van der Waals surface area contributed by atoms with Gasteiger partial charge in [0.05, 0.1) is 6.26 Å². The van der Waals surface area contributed by atoms with Gasteiger partial charge in [-0.05, 0) is 12.5 Å². The van der Waals surface area contributed by atoms with Crippen LogP contribution >= 0.6 is 0 Å². The zero-order valence-electron chi connectivity index (χ0n) is 4.98. The number of rotatable bonds is 2. The SMILES string of the molecule is CCCc1[c]occ1. The lowest BCUT2D eigenvalue weighted by Crippen LogP contribution is -1.74. The second-order valence-corrected chi connectivity index (χ2v) is 1.80. The summed E-state index contributed by atoms with van der Waals surface area (Å²) in [5.41, 5.74) is 1.17. The van der Waals surface area contributed by atoms with Crippen molar-refractivity contribution in [3.8, 4) is 0 Å². The summed E-state index contributed by atoms with van der Waals surface area (Å²) in [5, 5.41) is 0. The van der Waals surface area contributed by atoms with E-state index in [1.54, 1.807) is 6.26 Å². The van der Waals surface area contributed by atoms with Gasteiger partial charge in [0, 0.05) is 5.56 Å². The Morgan fingerprint density at radius 1 is 1.75 bits per heavy atom. The summed E-state index contributed by atoms with van der Waals surface area (Å²) in [6, 6.07) is 1.95. The molecule has 0 aliphatic rings. The van der Waals surface area contributed by atoms with Crippen molar-refractivity contribution >= 4 is 0 Å². The molecule has 1 heterocycles. The van der Waals surface area contributed by atoms with Gasteiger partial charge in [0.15, 0.2) is 6.26 Å². The molecule has 0 amide bonds. The van der Waals surface area contributed by atoms with Crippen LogP contribution in [0.4, 0.5) is 0 Å². The van der Waals surface area contributed by atoms with Crippen LogP contribution in [0.3, 0.4) is 0 Å². The molecule has 8 heavy (non-hydrogen) atoms. The van der Waals surface area contributed by atoms with Gasteiger partial charge in [-0.1, -0.05) is 13.3 Å². The molecule has 1 aromatic rings. The van der Waals surface area contributed by atoms with Crippen LogP contribution < -0.4 is 0 Å². The Labute approximate surface area is 49.3 Å². The lowest BCUT2D eigenvalue weighted by atomic mass is 10.2. The van der Waals surface area contributed by atoms with E-state index in [1.807, 2.05) is 6.07 Å². The first-order chi connectivity index (χ1) is 3.93. The minimum atomic E-state index is 1.08. The van der Waals surface area contributed by atoms with Crippen LogP contribution in [0.5, 0.6) is 0 Å². The van der Waals surface area contributed by atoms with Crippen LogP contribution in [0, 0.1) is 6.26 Å². The highest BCUT2D eigenvalue weighted by molar-refractivity contribution is 5.03. The van der Waals surface area contributed by atoms with Gasteiger partial charge >= 0.3 is 0 Å². The Kier molecular flexibility index (Phi) is 1.73. The number of furan rings is 1. The van der Waals surface area contributed by atoms with Crippen LogP contribution in [0.2, 0.25) is 0 Å². The summed E-state index contributed by atoms with van der Waals surface area (Å²) in [4.78, 5) is 0. The summed E-state index contributed by atoms with van der Waals surface area (Å²) in [7, 11) is 0. The molecule has 43 valence electrons. The molecule has 0 aromatic carbocycles. The molecular formula is C7H9O. The van der Waals surface area contributed by atoms with Crippen LogP contribution in [-0.4, -0.2) is 0 Å². The molecule has 0 saturated carbocycles. The van der Waals surface area contributed by atoms with Gasteiger partial charge in [-0.15, -0.1) is 0 Å². The first-order valence-corrected chi connectivity index (χ1v) is 2.87. The molecule has 1 aromatic heterocycles. The Morgan fingerprint density at radius 2 is 2.62 bits per heavy atom. The highest BCUT2D eigenvalue weighted by Crippen LogP contribution is 2.00. The molecule has 1 rings (SSSR count). The fourth-order valence-electron chi connectivity index (χ4n) is 0.664. The van der Waals surface area contributed by atoms with Crippen LogP contribution in [-0.2, 0) is 6.42 Å². The third kappa shape index (κ3) is 1.12. The molecule has 1 radical (unpaired) electrons. The van der Waals surface area contributed by atoms with E-state index in [2.05, 4.69) is 13.2 Å². The van der Waals surface area contributed by atoms with Crippen molar-refractivity contribution in [2.45, 2.75) is 19.8 Å². The monoisotopic (exact) mass is 109 g/mol. The minimum Gasteiger partial charge on any atom is -0.461 e. The maximum absolute atomic E-state index is 4.74. The Balaban J connectivity index is 2.50. The fraction of sp³-hybridized carbons (Fsp3) is 0.429. The van der Waals surface area contributed by atoms with E-state index >= 15 is 0 Å². The molecule has 0 aliphatic carbocycles. The van der Waals surface area contributed by atoms with E-state index in [1.165, 1.54) is 5.56 Å². The van der Waals surface area contributed by atoms with Crippen molar-refractivity contribution in [2.24, 2.45) is 0 Å². The van der Waals surface area contributed by atoms with E-state index in [9.17, 15) is 0 Å². The normalized spacial score (nSPS) is 9.62. The lowest BCUT2D eigenvalue weighted by Gasteiger charge is -1.83. The highest BCUT2D eigenvalue weighted by Gasteiger charge is 1.89. The largest absolute Gasteiger partial charge is 0.461 e. The molecule has 1 nitrogen and oxygen atoms in total. The molecular weight excluding hydrogens is 100 g/mol. The number of hydrogen-bond acceptors (Lipinski definition) is 1. The molecule has 0 atom stereocenters.